The van der Waals surface area contributed by atoms with Crippen LogP contribution in [0.25, 0.3) is 0 Å². The maximum absolute atomic E-state index is 6.12. The van der Waals surface area contributed by atoms with Gasteiger partial charge in [0.1, 0.15) is 23.3 Å². The number of nitrogens with zero attached hydrogens (tertiary/aromatic N) is 4. The summed E-state index contributed by atoms with van der Waals surface area (Å²) in [4.78, 5) is 16.8. The van der Waals surface area contributed by atoms with Gasteiger partial charge in [-0.25, -0.2) is 20.0 Å². The van der Waals surface area contributed by atoms with Crippen molar-refractivity contribution in [1.82, 2.24) is 9.97 Å². The van der Waals surface area contributed by atoms with Crippen molar-refractivity contribution in [1.29, 1.82) is 0 Å². The smallest absolute Gasteiger partial charge is 0.213 e. The van der Waals surface area contributed by atoms with Crippen LogP contribution in [0.5, 0.6) is 5.88 Å². The van der Waals surface area contributed by atoms with Crippen molar-refractivity contribution < 1.29 is 4.74 Å². The number of aryl methyl sites for hydroxylation is 1. The summed E-state index contributed by atoms with van der Waals surface area (Å²) in [5.74, 6) is 1.92. The molecule has 25 heavy (non-hydrogen) atoms. The van der Waals surface area contributed by atoms with Crippen molar-refractivity contribution in [2.75, 3.05) is 12.4 Å². The van der Waals surface area contributed by atoms with Crippen molar-refractivity contribution in [3.63, 3.8) is 0 Å². The normalized spacial score (nSPS) is 12.0. The number of nitrogens with one attached hydrogen (secondary N) is 1. The number of ether oxygens (including phenoxy) is 1. The molecule has 2 rings (SSSR count). The Morgan fingerprint density at radius 3 is 2.56 bits per heavy atom. The lowest BCUT2D eigenvalue weighted by Crippen LogP contribution is -2.18. The molecule has 0 fully saturated rings. The van der Waals surface area contributed by atoms with Gasteiger partial charge in [0.05, 0.1) is 24.6 Å². The van der Waals surface area contributed by atoms with Crippen LogP contribution in [-0.4, -0.2) is 28.7 Å². The maximum atomic E-state index is 6.12. The van der Waals surface area contributed by atoms with Crippen LogP contribution >= 0.6 is 0 Å². The first-order valence-electron chi connectivity index (χ1n) is 7.47. The van der Waals surface area contributed by atoms with Crippen molar-refractivity contribution in [3.05, 3.63) is 54.1 Å². The number of methoxy groups -OCH3 is 1. The first kappa shape index (κ1) is 17.9. The minimum Gasteiger partial charge on any atom is -0.481 e. The third kappa shape index (κ3) is 5.03. The molecule has 0 aliphatic rings. The molecule has 0 unspecified atom stereocenters. The number of aromatic nitrogens is 2. The van der Waals surface area contributed by atoms with Gasteiger partial charge in [0.15, 0.2) is 0 Å². The molecular formula is C17H21N7O. The van der Waals surface area contributed by atoms with E-state index in [0.717, 1.165) is 11.3 Å². The van der Waals surface area contributed by atoms with E-state index < -0.39 is 0 Å². The van der Waals surface area contributed by atoms with E-state index in [9.17, 15) is 0 Å². The lowest BCUT2D eigenvalue weighted by molar-refractivity contribution is 0.398. The molecule has 5 N–H and O–H groups in total. The number of aliphatic imine (C=N–C) groups is 2. The van der Waals surface area contributed by atoms with Crippen molar-refractivity contribution in [3.8, 4) is 5.88 Å². The molecule has 0 aromatic carbocycles. The zero-order chi connectivity index (χ0) is 18.4. The molecule has 2 aromatic rings. The number of amidine groups is 2. The van der Waals surface area contributed by atoms with E-state index in [0.29, 0.717) is 23.1 Å². The van der Waals surface area contributed by atoms with E-state index in [4.69, 9.17) is 16.2 Å². The van der Waals surface area contributed by atoms with Gasteiger partial charge in [-0.3, -0.25) is 0 Å². The molecule has 0 bridgehead atoms. The van der Waals surface area contributed by atoms with E-state index in [-0.39, 0.29) is 11.7 Å². The van der Waals surface area contributed by atoms with Crippen LogP contribution in [-0.2, 0) is 0 Å². The van der Waals surface area contributed by atoms with E-state index >= 15 is 0 Å². The predicted octanol–water partition coefficient (Wildman–Crippen LogP) is 2.09. The number of rotatable bonds is 5. The molecule has 0 aliphatic carbocycles. The van der Waals surface area contributed by atoms with Gasteiger partial charge in [-0.2, -0.15) is 0 Å². The fourth-order valence-corrected chi connectivity index (χ4v) is 2.04. The summed E-state index contributed by atoms with van der Waals surface area (Å²) in [6.45, 7) is 7.13. The van der Waals surface area contributed by atoms with Crippen molar-refractivity contribution >= 4 is 23.2 Å². The lowest BCUT2D eigenvalue weighted by atomic mass is 10.2. The Balaban J connectivity index is 2.36. The molecule has 0 saturated heterocycles. The molecule has 0 amide bonds. The highest BCUT2D eigenvalue weighted by molar-refractivity contribution is 6.08. The highest BCUT2D eigenvalue weighted by Gasteiger charge is 2.10. The summed E-state index contributed by atoms with van der Waals surface area (Å²) < 4.78 is 5.05. The maximum Gasteiger partial charge on any atom is 0.213 e. The average molecular weight is 339 g/mol. The number of hydrogen-bond acceptors (Lipinski definition) is 6. The van der Waals surface area contributed by atoms with Gasteiger partial charge in [0, 0.05) is 12.3 Å². The molecule has 0 spiro atoms. The third-order valence-corrected chi connectivity index (χ3v) is 3.10. The number of nitrogens with two attached hydrogens (primary N) is 2. The van der Waals surface area contributed by atoms with Gasteiger partial charge < -0.3 is 21.5 Å². The van der Waals surface area contributed by atoms with Gasteiger partial charge in [0.25, 0.3) is 0 Å². The third-order valence-electron chi connectivity index (χ3n) is 3.10. The zero-order valence-electron chi connectivity index (χ0n) is 14.4. The Bertz CT molecular complexity index is 825. The second-order valence-electron chi connectivity index (χ2n) is 5.27. The van der Waals surface area contributed by atoms with Gasteiger partial charge in [0.2, 0.25) is 5.88 Å². The Hall–Kier alpha value is -3.42. The molecular weight excluding hydrogens is 318 g/mol. The number of hydrogen-bond donors (Lipinski definition) is 3. The number of anilines is 2. The molecule has 130 valence electrons. The average Bonchev–Trinajstić information content (AvgIpc) is 2.56. The first-order valence-corrected chi connectivity index (χ1v) is 7.47. The zero-order valence-corrected chi connectivity index (χ0v) is 14.4. The quantitative estimate of drug-likeness (QED) is 0.566. The van der Waals surface area contributed by atoms with Crippen LogP contribution in [0.1, 0.15) is 18.1 Å². The fraction of sp³-hybridized carbons (Fsp3) is 0.176. The highest BCUT2D eigenvalue weighted by Crippen LogP contribution is 2.20. The van der Waals surface area contributed by atoms with Crippen LogP contribution in [0, 0.1) is 6.92 Å². The van der Waals surface area contributed by atoms with Crippen molar-refractivity contribution in [2.45, 2.75) is 13.8 Å². The number of pyridine rings is 2. The summed E-state index contributed by atoms with van der Waals surface area (Å²) in [6.07, 6.45) is 3.38. The van der Waals surface area contributed by atoms with Crippen molar-refractivity contribution in [2.24, 2.45) is 21.5 Å². The van der Waals surface area contributed by atoms with E-state index in [1.165, 1.54) is 0 Å². The van der Waals surface area contributed by atoms with Crippen LogP contribution in [0.2, 0.25) is 0 Å². The first-order chi connectivity index (χ1) is 11.9. The van der Waals surface area contributed by atoms with E-state index in [2.05, 4.69) is 31.8 Å². The van der Waals surface area contributed by atoms with Gasteiger partial charge in [-0.05, 0) is 31.5 Å². The lowest BCUT2D eigenvalue weighted by Gasteiger charge is -2.12. The van der Waals surface area contributed by atoms with Crippen LogP contribution < -0.4 is 21.5 Å². The monoisotopic (exact) mass is 339 g/mol. The second-order valence-corrected chi connectivity index (χ2v) is 5.27. The SMILES string of the molecule is C=C(N)N=C(C)N=C(N)c1cc(C)cnc1Nc1ccc(OC)nc1. The van der Waals surface area contributed by atoms with E-state index in [1.807, 2.05) is 19.1 Å². The molecule has 2 heterocycles. The Morgan fingerprint density at radius 2 is 1.96 bits per heavy atom. The molecule has 2 aromatic heterocycles. The summed E-state index contributed by atoms with van der Waals surface area (Å²) >= 11 is 0. The van der Waals surface area contributed by atoms with Crippen LogP contribution in [0.3, 0.4) is 0 Å². The van der Waals surface area contributed by atoms with Gasteiger partial charge in [-0.15, -0.1) is 0 Å². The fourth-order valence-electron chi connectivity index (χ4n) is 2.04. The summed E-state index contributed by atoms with van der Waals surface area (Å²) in [5.41, 5.74) is 13.9. The molecule has 8 nitrogen and oxygen atoms in total. The Labute approximate surface area is 146 Å². The topological polar surface area (TPSA) is 124 Å². The molecule has 0 atom stereocenters. The predicted molar refractivity (Wildman–Crippen MR) is 100 cm³/mol. The summed E-state index contributed by atoms with van der Waals surface area (Å²) in [7, 11) is 1.56. The molecule has 0 saturated carbocycles. The molecule has 8 heteroatoms. The Kier molecular flexibility index (Phi) is 5.67. The standard InChI is InChI=1S/C17H21N7O/c1-10-7-14(16(19)23-12(3)22-11(2)18)17(21-8-10)24-13-5-6-15(25-4)20-9-13/h5-9H,2,18H2,1,3-4H3,(H,21,24)(H2,19,22,23). The summed E-state index contributed by atoms with van der Waals surface area (Å²) in [6, 6.07) is 5.46. The molecule has 0 radical (unpaired) electrons. The Morgan fingerprint density at radius 1 is 1.20 bits per heavy atom. The minimum atomic E-state index is 0.166. The molecule has 0 aliphatic heterocycles. The van der Waals surface area contributed by atoms with Crippen LogP contribution in [0.4, 0.5) is 11.5 Å². The second kappa shape index (κ2) is 7.91. The van der Waals surface area contributed by atoms with Gasteiger partial charge >= 0.3 is 0 Å². The highest BCUT2D eigenvalue weighted by atomic mass is 16.5. The van der Waals surface area contributed by atoms with Gasteiger partial charge in [-0.1, -0.05) is 6.58 Å². The minimum absolute atomic E-state index is 0.166. The van der Waals surface area contributed by atoms with Crippen LogP contribution in [0.15, 0.2) is 53.0 Å². The largest absolute Gasteiger partial charge is 0.481 e. The summed E-state index contributed by atoms with van der Waals surface area (Å²) in [5, 5.41) is 3.17. The van der Waals surface area contributed by atoms with E-state index in [1.54, 1.807) is 32.5 Å².